The first-order valence-corrected chi connectivity index (χ1v) is 5.61. The number of benzene rings is 1. The Kier molecular flexibility index (Phi) is 2.68. The zero-order valence-electron chi connectivity index (χ0n) is 9.79. The Morgan fingerprint density at radius 3 is 3.00 bits per heavy atom. The average molecular weight is 258 g/mol. The maximum Gasteiger partial charge on any atom is 0.335 e. The lowest BCUT2D eigenvalue weighted by Crippen LogP contribution is -1.97. The van der Waals surface area contributed by atoms with E-state index < -0.39 is 5.97 Å². The van der Waals surface area contributed by atoms with Crippen molar-refractivity contribution in [1.82, 2.24) is 4.98 Å². The second-order valence-electron chi connectivity index (χ2n) is 3.99. The van der Waals surface area contributed by atoms with Crippen molar-refractivity contribution in [1.29, 1.82) is 0 Å². The highest BCUT2D eigenvalue weighted by molar-refractivity contribution is 5.92. The van der Waals surface area contributed by atoms with Gasteiger partial charge in [-0.2, -0.15) is 4.98 Å². The quantitative estimate of drug-likeness (QED) is 0.748. The van der Waals surface area contributed by atoms with E-state index in [9.17, 15) is 4.79 Å². The molecule has 0 unspecified atom stereocenters. The summed E-state index contributed by atoms with van der Waals surface area (Å²) in [5, 5.41) is 11.9. The summed E-state index contributed by atoms with van der Waals surface area (Å²) in [6.45, 7) is 0.523. The van der Waals surface area contributed by atoms with E-state index in [1.54, 1.807) is 18.6 Å². The van der Waals surface area contributed by atoms with E-state index in [0.29, 0.717) is 23.7 Å². The summed E-state index contributed by atoms with van der Waals surface area (Å²) in [7, 11) is 0. The first-order valence-electron chi connectivity index (χ1n) is 5.61. The monoisotopic (exact) mass is 258 g/mol. The SMILES string of the molecule is O=C(O)c1ccc2nc(NCc3ccoc3)oc2c1. The number of oxazole rings is 1. The molecule has 0 fully saturated rings. The zero-order chi connectivity index (χ0) is 13.2. The van der Waals surface area contributed by atoms with Gasteiger partial charge >= 0.3 is 5.97 Å². The number of hydrogen-bond acceptors (Lipinski definition) is 5. The molecule has 2 aromatic heterocycles. The molecule has 2 N–H and O–H groups in total. The molecule has 0 spiro atoms. The van der Waals surface area contributed by atoms with Gasteiger partial charge in [-0.05, 0) is 24.3 Å². The van der Waals surface area contributed by atoms with Gasteiger partial charge in [0.05, 0.1) is 18.1 Å². The second-order valence-corrected chi connectivity index (χ2v) is 3.99. The third-order valence-electron chi connectivity index (χ3n) is 2.66. The van der Waals surface area contributed by atoms with Crippen LogP contribution in [0.15, 0.2) is 45.6 Å². The van der Waals surface area contributed by atoms with Gasteiger partial charge in [-0.15, -0.1) is 0 Å². The van der Waals surface area contributed by atoms with Crippen LogP contribution in [0.4, 0.5) is 6.01 Å². The van der Waals surface area contributed by atoms with Crippen molar-refractivity contribution >= 4 is 23.1 Å². The number of nitrogens with zero attached hydrogens (tertiary/aromatic N) is 1. The van der Waals surface area contributed by atoms with Crippen LogP contribution in [-0.4, -0.2) is 16.1 Å². The van der Waals surface area contributed by atoms with Gasteiger partial charge in [0.15, 0.2) is 5.58 Å². The highest BCUT2D eigenvalue weighted by Crippen LogP contribution is 2.20. The number of aromatic carboxylic acids is 1. The molecule has 0 aliphatic heterocycles. The number of furan rings is 1. The topological polar surface area (TPSA) is 88.5 Å². The Bertz CT molecular complexity index is 715. The summed E-state index contributed by atoms with van der Waals surface area (Å²) < 4.78 is 10.4. The van der Waals surface area contributed by atoms with Crippen molar-refractivity contribution in [2.24, 2.45) is 0 Å². The lowest BCUT2D eigenvalue weighted by atomic mass is 10.2. The second kappa shape index (κ2) is 4.49. The molecule has 0 atom stereocenters. The van der Waals surface area contributed by atoms with Gasteiger partial charge < -0.3 is 19.3 Å². The van der Waals surface area contributed by atoms with Crippen LogP contribution < -0.4 is 5.32 Å². The lowest BCUT2D eigenvalue weighted by Gasteiger charge is -1.96. The van der Waals surface area contributed by atoms with Crippen LogP contribution >= 0.6 is 0 Å². The van der Waals surface area contributed by atoms with Crippen molar-refractivity contribution in [3.8, 4) is 0 Å². The summed E-state index contributed by atoms with van der Waals surface area (Å²) in [6.07, 6.45) is 3.21. The Morgan fingerprint density at radius 1 is 1.37 bits per heavy atom. The van der Waals surface area contributed by atoms with Crippen LogP contribution in [0.3, 0.4) is 0 Å². The van der Waals surface area contributed by atoms with E-state index in [1.807, 2.05) is 6.07 Å². The number of carboxylic acid groups (broad SMARTS) is 1. The zero-order valence-corrected chi connectivity index (χ0v) is 9.79. The van der Waals surface area contributed by atoms with Gasteiger partial charge in [0.25, 0.3) is 6.01 Å². The maximum absolute atomic E-state index is 10.8. The minimum Gasteiger partial charge on any atom is -0.478 e. The molecule has 2 heterocycles. The van der Waals surface area contributed by atoms with Crippen LogP contribution in [0.5, 0.6) is 0 Å². The summed E-state index contributed by atoms with van der Waals surface area (Å²) in [5.41, 5.74) is 2.19. The van der Waals surface area contributed by atoms with Crippen molar-refractivity contribution in [3.63, 3.8) is 0 Å². The number of nitrogens with one attached hydrogen (secondary N) is 1. The van der Waals surface area contributed by atoms with Crippen molar-refractivity contribution in [3.05, 3.63) is 47.9 Å². The van der Waals surface area contributed by atoms with Crippen molar-refractivity contribution < 1.29 is 18.7 Å². The summed E-state index contributed by atoms with van der Waals surface area (Å²) in [4.78, 5) is 15.1. The van der Waals surface area contributed by atoms with Gasteiger partial charge in [0, 0.05) is 12.1 Å². The Labute approximate surface area is 107 Å². The number of rotatable bonds is 4. The molecule has 0 saturated carbocycles. The predicted molar refractivity (Wildman–Crippen MR) is 67.0 cm³/mol. The highest BCUT2D eigenvalue weighted by atomic mass is 16.4. The third-order valence-corrected chi connectivity index (χ3v) is 2.66. The van der Waals surface area contributed by atoms with E-state index >= 15 is 0 Å². The van der Waals surface area contributed by atoms with Crippen LogP contribution in [0.2, 0.25) is 0 Å². The molecular weight excluding hydrogens is 248 g/mol. The predicted octanol–water partition coefficient (Wildman–Crippen LogP) is 2.73. The highest BCUT2D eigenvalue weighted by Gasteiger charge is 2.09. The summed E-state index contributed by atoms with van der Waals surface area (Å²) in [5.74, 6) is -0.994. The van der Waals surface area contributed by atoms with Crippen LogP contribution in [0, 0.1) is 0 Å². The minimum atomic E-state index is -0.994. The number of fused-ring (bicyclic) bond motifs is 1. The lowest BCUT2D eigenvalue weighted by molar-refractivity contribution is 0.0697. The molecule has 3 aromatic rings. The Balaban J connectivity index is 1.83. The van der Waals surface area contributed by atoms with E-state index in [4.69, 9.17) is 13.9 Å². The Hall–Kier alpha value is -2.76. The van der Waals surface area contributed by atoms with E-state index in [-0.39, 0.29) is 5.56 Å². The molecule has 1 aromatic carbocycles. The number of carbonyl (C=O) groups is 1. The maximum atomic E-state index is 10.8. The van der Waals surface area contributed by atoms with Crippen LogP contribution in [0.1, 0.15) is 15.9 Å². The molecule has 0 saturated heterocycles. The van der Waals surface area contributed by atoms with Gasteiger partial charge in [-0.3, -0.25) is 0 Å². The fraction of sp³-hybridized carbons (Fsp3) is 0.0769. The molecule has 0 aliphatic rings. The first kappa shape index (κ1) is 11.3. The molecule has 3 rings (SSSR count). The number of carboxylic acids is 1. The molecule has 0 aliphatic carbocycles. The number of anilines is 1. The van der Waals surface area contributed by atoms with Gasteiger partial charge in [0.1, 0.15) is 5.52 Å². The molecule has 0 bridgehead atoms. The molecule has 6 heteroatoms. The van der Waals surface area contributed by atoms with E-state index in [0.717, 1.165) is 5.56 Å². The van der Waals surface area contributed by atoms with E-state index in [1.165, 1.54) is 12.1 Å². The summed E-state index contributed by atoms with van der Waals surface area (Å²) >= 11 is 0. The molecule has 19 heavy (non-hydrogen) atoms. The molecular formula is C13H10N2O4. The van der Waals surface area contributed by atoms with Gasteiger partial charge in [-0.1, -0.05) is 0 Å². The third kappa shape index (κ3) is 2.28. The fourth-order valence-electron chi connectivity index (χ4n) is 1.70. The first-order chi connectivity index (χ1) is 9.22. The largest absolute Gasteiger partial charge is 0.478 e. The molecule has 96 valence electrons. The van der Waals surface area contributed by atoms with Crippen molar-refractivity contribution in [2.75, 3.05) is 5.32 Å². The molecule has 0 radical (unpaired) electrons. The minimum absolute atomic E-state index is 0.171. The van der Waals surface area contributed by atoms with Crippen LogP contribution in [0.25, 0.3) is 11.1 Å². The summed E-state index contributed by atoms with van der Waals surface area (Å²) in [6, 6.07) is 6.74. The average Bonchev–Trinajstić information content (AvgIpc) is 3.04. The smallest absolute Gasteiger partial charge is 0.335 e. The van der Waals surface area contributed by atoms with E-state index in [2.05, 4.69) is 10.3 Å². The standard InChI is InChI=1S/C13H10N2O4/c16-12(17)9-1-2-10-11(5-9)19-13(15-10)14-6-8-3-4-18-7-8/h1-5,7H,6H2,(H,14,15)(H,16,17). The van der Waals surface area contributed by atoms with Gasteiger partial charge in [-0.25, -0.2) is 4.79 Å². The molecule has 0 amide bonds. The van der Waals surface area contributed by atoms with Gasteiger partial charge in [0.2, 0.25) is 0 Å². The fourth-order valence-corrected chi connectivity index (χ4v) is 1.70. The molecule has 6 nitrogen and oxygen atoms in total. The van der Waals surface area contributed by atoms with Crippen molar-refractivity contribution in [2.45, 2.75) is 6.54 Å². The number of hydrogen-bond donors (Lipinski definition) is 2. The van der Waals surface area contributed by atoms with Crippen LogP contribution in [-0.2, 0) is 6.54 Å². The Morgan fingerprint density at radius 2 is 2.26 bits per heavy atom. The normalized spacial score (nSPS) is 10.7. The number of aromatic nitrogens is 1.